The number of pyridine rings is 1. The average Bonchev–Trinajstić information content (AvgIpc) is 2.95. The first-order chi connectivity index (χ1) is 12.8. The maximum absolute atomic E-state index is 11.8. The van der Waals surface area contributed by atoms with E-state index in [1.54, 1.807) is 18.2 Å². The Balaban J connectivity index is 1.93. The van der Waals surface area contributed by atoms with Crippen molar-refractivity contribution in [1.82, 2.24) is 9.38 Å². The monoisotopic (exact) mass is 471 g/mol. The van der Waals surface area contributed by atoms with Crippen LogP contribution in [0, 0.1) is 6.92 Å². The summed E-state index contributed by atoms with van der Waals surface area (Å²) in [5, 5.41) is 9.77. The SMILES string of the molecule is Cc1nc2c(OCc3c(Cl)ccc(N(C)C(=O)CO)c3Cl)cccn2c1Br. The van der Waals surface area contributed by atoms with Gasteiger partial charge in [-0.25, -0.2) is 4.98 Å². The molecule has 0 unspecified atom stereocenters. The van der Waals surface area contributed by atoms with E-state index in [0.29, 0.717) is 32.7 Å². The highest BCUT2D eigenvalue weighted by Crippen LogP contribution is 2.35. The number of anilines is 1. The number of aryl methyl sites for hydroxylation is 1. The van der Waals surface area contributed by atoms with Crippen molar-refractivity contribution in [2.75, 3.05) is 18.6 Å². The summed E-state index contributed by atoms with van der Waals surface area (Å²) in [7, 11) is 1.53. The molecular weight excluding hydrogens is 457 g/mol. The molecule has 6 nitrogen and oxygen atoms in total. The van der Waals surface area contributed by atoms with Crippen LogP contribution in [-0.4, -0.2) is 34.1 Å². The minimum atomic E-state index is -0.614. The molecule has 0 fully saturated rings. The number of ether oxygens (including phenoxy) is 1. The quantitative estimate of drug-likeness (QED) is 0.602. The highest BCUT2D eigenvalue weighted by atomic mass is 79.9. The number of hydrogen-bond acceptors (Lipinski definition) is 4. The smallest absolute Gasteiger partial charge is 0.252 e. The number of rotatable bonds is 5. The van der Waals surface area contributed by atoms with E-state index >= 15 is 0 Å². The third-order valence-corrected chi connectivity index (χ3v) is 5.86. The molecule has 0 saturated carbocycles. The number of aliphatic hydroxyl groups excluding tert-OH is 1. The predicted octanol–water partition coefficient (Wildman–Crippen LogP) is 4.25. The molecule has 0 saturated heterocycles. The van der Waals surface area contributed by atoms with E-state index < -0.39 is 12.5 Å². The van der Waals surface area contributed by atoms with Crippen LogP contribution in [0.2, 0.25) is 10.0 Å². The minimum absolute atomic E-state index is 0.0931. The van der Waals surface area contributed by atoms with Crippen molar-refractivity contribution in [3.63, 3.8) is 0 Å². The molecule has 1 N–H and O–H groups in total. The normalized spacial score (nSPS) is 11.0. The zero-order valence-electron chi connectivity index (χ0n) is 14.5. The maximum atomic E-state index is 11.8. The number of carbonyl (C=O) groups is 1. The number of aromatic nitrogens is 2. The molecule has 0 spiro atoms. The fourth-order valence-electron chi connectivity index (χ4n) is 2.61. The Morgan fingerprint density at radius 3 is 2.81 bits per heavy atom. The molecule has 2 heterocycles. The van der Waals surface area contributed by atoms with Crippen LogP contribution in [0.15, 0.2) is 35.1 Å². The molecule has 27 heavy (non-hydrogen) atoms. The van der Waals surface area contributed by atoms with Gasteiger partial charge in [-0.3, -0.25) is 9.20 Å². The second-order valence-electron chi connectivity index (χ2n) is 5.81. The van der Waals surface area contributed by atoms with Gasteiger partial charge in [0, 0.05) is 23.8 Å². The summed E-state index contributed by atoms with van der Waals surface area (Å²) in [4.78, 5) is 17.5. The molecule has 0 aliphatic heterocycles. The van der Waals surface area contributed by atoms with E-state index in [4.69, 9.17) is 33.0 Å². The van der Waals surface area contributed by atoms with Gasteiger partial charge in [-0.05, 0) is 47.1 Å². The molecule has 2 aromatic heterocycles. The summed E-state index contributed by atoms with van der Waals surface area (Å²) in [5.41, 5.74) is 2.49. The molecule has 3 rings (SSSR count). The van der Waals surface area contributed by atoms with E-state index in [0.717, 1.165) is 10.3 Å². The van der Waals surface area contributed by atoms with E-state index in [1.807, 2.05) is 23.6 Å². The van der Waals surface area contributed by atoms with Gasteiger partial charge in [-0.2, -0.15) is 0 Å². The Morgan fingerprint density at radius 1 is 1.37 bits per heavy atom. The number of nitrogens with zero attached hydrogens (tertiary/aromatic N) is 3. The number of hydrogen-bond donors (Lipinski definition) is 1. The van der Waals surface area contributed by atoms with Gasteiger partial charge in [-0.1, -0.05) is 23.2 Å². The van der Waals surface area contributed by atoms with Crippen molar-refractivity contribution < 1.29 is 14.6 Å². The zero-order chi connectivity index (χ0) is 19.7. The topological polar surface area (TPSA) is 67.1 Å². The fourth-order valence-corrected chi connectivity index (χ4v) is 3.59. The molecule has 0 atom stereocenters. The van der Waals surface area contributed by atoms with Crippen molar-refractivity contribution in [3.8, 4) is 5.75 Å². The zero-order valence-corrected chi connectivity index (χ0v) is 17.6. The third-order valence-electron chi connectivity index (χ3n) is 4.12. The first kappa shape index (κ1) is 19.9. The van der Waals surface area contributed by atoms with Crippen LogP contribution >= 0.6 is 39.1 Å². The Hall–Kier alpha value is -1.80. The van der Waals surface area contributed by atoms with Crippen molar-refractivity contribution in [3.05, 3.63) is 56.4 Å². The Kier molecular flexibility index (Phi) is 5.95. The Labute approximate surface area is 174 Å². The minimum Gasteiger partial charge on any atom is -0.485 e. The lowest BCUT2D eigenvalue weighted by atomic mass is 10.2. The number of halogens is 3. The van der Waals surface area contributed by atoms with Crippen molar-refractivity contribution >= 4 is 56.4 Å². The van der Waals surface area contributed by atoms with Gasteiger partial charge in [0.05, 0.1) is 16.4 Å². The Morgan fingerprint density at radius 2 is 2.11 bits per heavy atom. The van der Waals surface area contributed by atoms with E-state index in [9.17, 15) is 4.79 Å². The lowest BCUT2D eigenvalue weighted by molar-refractivity contribution is -0.120. The molecule has 0 radical (unpaired) electrons. The number of likely N-dealkylation sites (N-methyl/N-ethyl adjacent to an activating group) is 1. The third kappa shape index (κ3) is 3.78. The van der Waals surface area contributed by atoms with Crippen LogP contribution in [0.1, 0.15) is 11.3 Å². The summed E-state index contributed by atoms with van der Waals surface area (Å²) in [6.45, 7) is 1.37. The first-order valence-corrected chi connectivity index (χ1v) is 9.50. The molecule has 0 bridgehead atoms. The average molecular weight is 473 g/mol. The first-order valence-electron chi connectivity index (χ1n) is 7.95. The van der Waals surface area contributed by atoms with Crippen LogP contribution in [0.5, 0.6) is 5.75 Å². The van der Waals surface area contributed by atoms with Gasteiger partial charge >= 0.3 is 0 Å². The molecule has 1 aromatic carbocycles. The maximum Gasteiger partial charge on any atom is 0.252 e. The molecule has 0 aliphatic rings. The summed E-state index contributed by atoms with van der Waals surface area (Å²) in [5.74, 6) is 0.0946. The predicted molar refractivity (Wildman–Crippen MR) is 109 cm³/mol. The van der Waals surface area contributed by atoms with Crippen LogP contribution in [0.3, 0.4) is 0 Å². The molecule has 142 valence electrons. The largest absolute Gasteiger partial charge is 0.485 e. The summed E-state index contributed by atoms with van der Waals surface area (Å²) in [6.07, 6.45) is 1.88. The standard InChI is InChI=1S/C18H16BrCl2N3O3/c1-10-17(19)24-7-3-4-14(18(24)22-10)27-9-11-12(20)5-6-13(16(11)21)23(2)15(26)8-25/h3-7,25H,8-9H2,1-2H3. The van der Waals surface area contributed by atoms with E-state index in [1.165, 1.54) is 11.9 Å². The number of carbonyl (C=O) groups excluding carboxylic acids is 1. The van der Waals surface area contributed by atoms with Gasteiger partial charge in [0.25, 0.3) is 5.91 Å². The fraction of sp³-hybridized carbons (Fsp3) is 0.222. The van der Waals surface area contributed by atoms with E-state index in [-0.39, 0.29) is 6.61 Å². The molecule has 3 aromatic rings. The molecule has 1 amide bonds. The van der Waals surface area contributed by atoms with Gasteiger partial charge in [-0.15, -0.1) is 0 Å². The summed E-state index contributed by atoms with van der Waals surface area (Å²) >= 11 is 16.2. The highest BCUT2D eigenvalue weighted by Gasteiger charge is 2.19. The van der Waals surface area contributed by atoms with Gasteiger partial charge in [0.2, 0.25) is 0 Å². The number of benzene rings is 1. The molecule has 9 heteroatoms. The highest BCUT2D eigenvalue weighted by molar-refractivity contribution is 9.10. The number of aliphatic hydroxyl groups is 1. The number of amides is 1. The van der Waals surface area contributed by atoms with Crippen molar-refractivity contribution in [1.29, 1.82) is 0 Å². The second kappa shape index (κ2) is 8.06. The van der Waals surface area contributed by atoms with Gasteiger partial charge in [0.15, 0.2) is 11.4 Å². The molecular formula is C18H16BrCl2N3O3. The lowest BCUT2D eigenvalue weighted by Crippen LogP contribution is -2.29. The number of imidazole rings is 1. The second-order valence-corrected chi connectivity index (χ2v) is 7.35. The van der Waals surface area contributed by atoms with Crippen LogP contribution in [-0.2, 0) is 11.4 Å². The lowest BCUT2D eigenvalue weighted by Gasteiger charge is -2.20. The van der Waals surface area contributed by atoms with Crippen LogP contribution in [0.4, 0.5) is 5.69 Å². The van der Waals surface area contributed by atoms with Gasteiger partial charge < -0.3 is 14.7 Å². The van der Waals surface area contributed by atoms with Crippen LogP contribution in [0.25, 0.3) is 5.65 Å². The number of fused-ring (bicyclic) bond motifs is 1. The summed E-state index contributed by atoms with van der Waals surface area (Å²) < 4.78 is 8.66. The van der Waals surface area contributed by atoms with Crippen LogP contribution < -0.4 is 9.64 Å². The van der Waals surface area contributed by atoms with E-state index in [2.05, 4.69) is 20.9 Å². The van der Waals surface area contributed by atoms with Gasteiger partial charge in [0.1, 0.15) is 17.8 Å². The van der Waals surface area contributed by atoms with Crippen molar-refractivity contribution in [2.45, 2.75) is 13.5 Å². The van der Waals surface area contributed by atoms with Crippen molar-refractivity contribution in [2.24, 2.45) is 0 Å². The Bertz CT molecular complexity index is 1020. The molecule has 0 aliphatic carbocycles. The summed E-state index contributed by atoms with van der Waals surface area (Å²) in [6, 6.07) is 6.92.